The van der Waals surface area contributed by atoms with Gasteiger partial charge < -0.3 is 34.8 Å². The zero-order valence-corrected chi connectivity index (χ0v) is 28.8. The number of hydrogen-bond acceptors (Lipinski definition) is 11. The van der Waals surface area contributed by atoms with Crippen LogP contribution in [0.1, 0.15) is 21.7 Å². The molecule has 0 aliphatic carbocycles. The molecule has 14 heteroatoms. The molecule has 0 spiro atoms. The van der Waals surface area contributed by atoms with Gasteiger partial charge >= 0.3 is 0 Å². The fourth-order valence-electron chi connectivity index (χ4n) is 5.62. The van der Waals surface area contributed by atoms with Crippen LogP contribution in [0, 0.1) is 6.92 Å². The van der Waals surface area contributed by atoms with Gasteiger partial charge in [-0.3, -0.25) is 9.59 Å². The van der Waals surface area contributed by atoms with E-state index in [4.69, 9.17) is 31.0 Å². The zero-order valence-electron chi connectivity index (χ0n) is 27.2. The molecule has 12 nitrogen and oxygen atoms in total. The minimum atomic E-state index is -0.312. The highest BCUT2D eigenvalue weighted by molar-refractivity contribution is 7.17. The quantitative estimate of drug-likeness (QED) is 0.218. The minimum Gasteiger partial charge on any atom is -0.493 e. The fraction of sp³-hybridized carbons (Fsp3) is 0.324. The molecule has 2 aliphatic rings. The number of benzene rings is 1. The molecule has 0 radical (unpaired) electrons. The van der Waals surface area contributed by atoms with Crippen LogP contribution in [0.4, 0.5) is 22.5 Å². The Hall–Kier alpha value is -4.72. The van der Waals surface area contributed by atoms with Crippen molar-refractivity contribution in [3.05, 3.63) is 76.4 Å². The SMILES string of the molecule is COc1ccc(-c2cnc3c(c2)OCCC2CN(C(=O)/C=C/CN(C)C)CCN32)nc1Nc1ncc(C(=O)Nc2c(C)cccc2Cl)s1. The number of carbonyl (C=O) groups excluding carboxylic acids is 2. The summed E-state index contributed by atoms with van der Waals surface area (Å²) in [6.45, 7) is 5.01. The lowest BCUT2D eigenvalue weighted by atomic mass is 10.1. The summed E-state index contributed by atoms with van der Waals surface area (Å²) in [6, 6.07) is 11.2. The number of para-hydroxylation sites is 1. The molecule has 2 N–H and O–H groups in total. The Morgan fingerprint density at radius 2 is 2.04 bits per heavy atom. The van der Waals surface area contributed by atoms with E-state index in [9.17, 15) is 9.59 Å². The molecular formula is C34H37ClN8O4S. The number of pyridine rings is 2. The molecule has 4 aromatic rings. The number of anilines is 4. The van der Waals surface area contributed by atoms with Gasteiger partial charge in [0.05, 0.1) is 42.4 Å². The summed E-state index contributed by atoms with van der Waals surface area (Å²) in [6.07, 6.45) is 7.63. The average Bonchev–Trinajstić information content (AvgIpc) is 3.47. The van der Waals surface area contributed by atoms with Gasteiger partial charge in [0.1, 0.15) is 4.88 Å². The van der Waals surface area contributed by atoms with Crippen LogP contribution in [0.25, 0.3) is 11.3 Å². The van der Waals surface area contributed by atoms with Crippen molar-refractivity contribution >= 4 is 57.2 Å². The van der Waals surface area contributed by atoms with E-state index in [1.54, 1.807) is 25.4 Å². The van der Waals surface area contributed by atoms with E-state index in [1.165, 1.54) is 17.5 Å². The molecule has 1 atom stereocenters. The smallest absolute Gasteiger partial charge is 0.267 e. The molecule has 1 fully saturated rings. The van der Waals surface area contributed by atoms with E-state index in [2.05, 4.69) is 20.5 Å². The van der Waals surface area contributed by atoms with Crippen molar-refractivity contribution in [2.24, 2.45) is 0 Å². The Bertz CT molecular complexity index is 1830. The highest BCUT2D eigenvalue weighted by Crippen LogP contribution is 2.37. The number of piperazine rings is 1. The number of nitrogens with one attached hydrogen (secondary N) is 2. The van der Waals surface area contributed by atoms with Crippen LogP contribution >= 0.6 is 22.9 Å². The van der Waals surface area contributed by atoms with E-state index in [-0.39, 0.29) is 17.9 Å². The Balaban J connectivity index is 1.17. The maximum absolute atomic E-state index is 13.0. The van der Waals surface area contributed by atoms with E-state index < -0.39 is 0 Å². The molecule has 250 valence electrons. The number of likely N-dealkylation sites (N-methyl/N-ethyl adjacent to an activating group) is 1. The van der Waals surface area contributed by atoms with Crippen LogP contribution in [0.5, 0.6) is 11.5 Å². The van der Waals surface area contributed by atoms with Crippen LogP contribution in [-0.2, 0) is 4.79 Å². The fourth-order valence-corrected chi connectivity index (χ4v) is 6.60. The van der Waals surface area contributed by atoms with E-state index in [1.807, 2.05) is 67.2 Å². The first-order valence-electron chi connectivity index (χ1n) is 15.5. The molecule has 2 amide bonds. The number of hydrogen-bond donors (Lipinski definition) is 2. The summed E-state index contributed by atoms with van der Waals surface area (Å²) >= 11 is 7.48. The van der Waals surface area contributed by atoms with Crippen LogP contribution in [0.15, 0.2) is 60.9 Å². The number of fused-ring (bicyclic) bond motifs is 3. The summed E-state index contributed by atoms with van der Waals surface area (Å²) in [5, 5.41) is 7.02. The molecule has 6 rings (SSSR count). The third-order valence-corrected chi connectivity index (χ3v) is 9.35. The van der Waals surface area contributed by atoms with Crippen LogP contribution in [-0.4, -0.2) is 96.6 Å². The van der Waals surface area contributed by atoms with Gasteiger partial charge in [-0.2, -0.15) is 0 Å². The number of carbonyl (C=O) groups is 2. The molecule has 1 aromatic carbocycles. The summed E-state index contributed by atoms with van der Waals surface area (Å²) in [5.41, 5.74) is 2.85. The van der Waals surface area contributed by atoms with Gasteiger partial charge in [-0.25, -0.2) is 15.0 Å². The van der Waals surface area contributed by atoms with Gasteiger partial charge in [0.2, 0.25) is 5.91 Å². The van der Waals surface area contributed by atoms with Crippen molar-refractivity contribution in [1.82, 2.24) is 24.8 Å². The molecule has 0 bridgehead atoms. The molecule has 0 saturated carbocycles. The van der Waals surface area contributed by atoms with Gasteiger partial charge in [-0.1, -0.05) is 41.1 Å². The highest BCUT2D eigenvalue weighted by Gasteiger charge is 2.33. The van der Waals surface area contributed by atoms with Crippen molar-refractivity contribution in [2.45, 2.75) is 19.4 Å². The maximum Gasteiger partial charge on any atom is 0.267 e. The third kappa shape index (κ3) is 7.38. The van der Waals surface area contributed by atoms with Crippen molar-refractivity contribution in [3.8, 4) is 22.8 Å². The second-order valence-electron chi connectivity index (χ2n) is 11.8. The number of rotatable bonds is 9. The molecule has 2 aliphatic heterocycles. The van der Waals surface area contributed by atoms with Gasteiger partial charge in [-0.15, -0.1) is 0 Å². The molecular weight excluding hydrogens is 652 g/mol. The second-order valence-corrected chi connectivity index (χ2v) is 13.2. The number of halogens is 1. The van der Waals surface area contributed by atoms with Gasteiger partial charge in [0.15, 0.2) is 28.3 Å². The Kier molecular flexibility index (Phi) is 10.1. The lowest BCUT2D eigenvalue weighted by Gasteiger charge is -2.40. The number of aryl methyl sites for hydroxylation is 1. The van der Waals surface area contributed by atoms with Crippen molar-refractivity contribution in [2.75, 3.05) is 69.5 Å². The topological polar surface area (TPSA) is 125 Å². The van der Waals surface area contributed by atoms with Gasteiger partial charge in [0.25, 0.3) is 5.91 Å². The highest BCUT2D eigenvalue weighted by atomic mass is 35.5. The molecule has 3 aromatic heterocycles. The molecule has 48 heavy (non-hydrogen) atoms. The van der Waals surface area contributed by atoms with Crippen molar-refractivity contribution in [1.29, 1.82) is 0 Å². The first kappa shape index (κ1) is 33.2. The Labute approximate surface area is 288 Å². The number of methoxy groups -OCH3 is 1. The summed E-state index contributed by atoms with van der Waals surface area (Å²) in [5.74, 6) is 2.12. The van der Waals surface area contributed by atoms with Crippen molar-refractivity contribution < 1.29 is 19.1 Å². The second kappa shape index (κ2) is 14.6. The summed E-state index contributed by atoms with van der Waals surface area (Å²) < 4.78 is 11.8. The number of thiazole rings is 1. The number of nitrogens with zero attached hydrogens (tertiary/aromatic N) is 6. The number of aromatic nitrogens is 3. The molecule has 1 unspecified atom stereocenters. The Morgan fingerprint density at radius 1 is 1.19 bits per heavy atom. The summed E-state index contributed by atoms with van der Waals surface area (Å²) in [4.78, 5) is 46.4. The standard InChI is InChI=1S/C34H37ClN8O4S/c1-21-7-5-8-24(35)30(21)39-33(45)28-19-37-34(48-28)40-31-26(46-4)11-10-25(38-31)22-17-27-32(36-18-22)43-15-14-42(20-23(43)12-16-47-27)29(44)9-6-13-41(2)3/h5-11,17-19,23H,12-16,20H2,1-4H3,(H,39,45)(H,37,38,40)/b9-6+. The van der Waals surface area contributed by atoms with Gasteiger partial charge in [0, 0.05) is 50.4 Å². The minimum absolute atomic E-state index is 0.0320. The Morgan fingerprint density at radius 3 is 2.83 bits per heavy atom. The lowest BCUT2D eigenvalue weighted by molar-refractivity contribution is -0.126. The first-order valence-corrected chi connectivity index (χ1v) is 16.7. The largest absolute Gasteiger partial charge is 0.493 e. The van der Waals surface area contributed by atoms with Crippen LogP contribution < -0.4 is 25.0 Å². The normalized spacial score (nSPS) is 15.8. The average molecular weight is 689 g/mol. The lowest BCUT2D eigenvalue weighted by Crippen LogP contribution is -2.54. The van der Waals surface area contributed by atoms with Crippen LogP contribution in [0.2, 0.25) is 5.02 Å². The first-order chi connectivity index (χ1) is 23.2. The predicted octanol–water partition coefficient (Wildman–Crippen LogP) is 5.48. The number of amides is 2. The summed E-state index contributed by atoms with van der Waals surface area (Å²) in [7, 11) is 5.51. The molecule has 5 heterocycles. The van der Waals surface area contributed by atoms with E-state index >= 15 is 0 Å². The maximum atomic E-state index is 13.0. The third-order valence-electron chi connectivity index (χ3n) is 8.13. The van der Waals surface area contributed by atoms with E-state index in [0.717, 1.165) is 29.9 Å². The van der Waals surface area contributed by atoms with E-state index in [0.29, 0.717) is 70.0 Å². The predicted molar refractivity (Wildman–Crippen MR) is 189 cm³/mol. The monoisotopic (exact) mass is 688 g/mol. The zero-order chi connectivity index (χ0) is 33.8. The van der Waals surface area contributed by atoms with Gasteiger partial charge in [-0.05, 0) is 50.8 Å². The number of ether oxygens (including phenoxy) is 2. The molecule has 1 saturated heterocycles. The van der Waals surface area contributed by atoms with Crippen molar-refractivity contribution in [3.63, 3.8) is 0 Å². The van der Waals surface area contributed by atoms with Crippen LogP contribution in [0.3, 0.4) is 0 Å².